The first-order chi connectivity index (χ1) is 15.7. The molecule has 7 nitrogen and oxygen atoms in total. The van der Waals surface area contributed by atoms with Crippen LogP contribution in [0, 0.1) is 6.92 Å². The van der Waals surface area contributed by atoms with E-state index in [0.717, 1.165) is 28.0 Å². The number of rotatable bonds is 5. The molecule has 2 N–H and O–H groups in total. The zero-order chi connectivity index (χ0) is 21.9. The number of anilines is 1. The number of pyridine rings is 2. The van der Waals surface area contributed by atoms with Crippen LogP contribution in [0.2, 0.25) is 0 Å². The molecule has 5 rings (SSSR count). The molecule has 7 heteroatoms. The number of fused-ring (bicyclic) bond motifs is 1. The largest absolute Gasteiger partial charge is 0.456 e. The molecule has 0 fully saturated rings. The van der Waals surface area contributed by atoms with E-state index in [1.165, 1.54) is 0 Å². The van der Waals surface area contributed by atoms with Gasteiger partial charge in [-0.3, -0.25) is 14.9 Å². The van der Waals surface area contributed by atoms with Gasteiger partial charge in [0, 0.05) is 23.3 Å². The lowest BCUT2D eigenvalue weighted by molar-refractivity contribution is 0.102. The van der Waals surface area contributed by atoms with Crippen LogP contribution in [0.3, 0.4) is 0 Å². The third-order valence-corrected chi connectivity index (χ3v) is 4.96. The second-order valence-electron chi connectivity index (χ2n) is 7.33. The number of amides is 1. The Bertz CT molecular complexity index is 1410. The number of nitrogens with zero attached hydrogens (tertiary/aromatic N) is 3. The first-order valence-corrected chi connectivity index (χ1v) is 10.1. The number of aromatic nitrogens is 4. The maximum atomic E-state index is 12.8. The summed E-state index contributed by atoms with van der Waals surface area (Å²) in [5.41, 5.74) is 3.84. The van der Waals surface area contributed by atoms with E-state index >= 15 is 0 Å². The summed E-state index contributed by atoms with van der Waals surface area (Å²) in [5.74, 6) is 1.52. The highest BCUT2D eigenvalue weighted by molar-refractivity contribution is 6.11. The van der Waals surface area contributed by atoms with E-state index in [1.807, 2.05) is 73.7 Å². The zero-order valence-electron chi connectivity index (χ0n) is 17.2. The van der Waals surface area contributed by atoms with Crippen molar-refractivity contribution in [3.63, 3.8) is 0 Å². The van der Waals surface area contributed by atoms with Crippen molar-refractivity contribution in [2.75, 3.05) is 5.32 Å². The molecule has 156 valence electrons. The van der Waals surface area contributed by atoms with Crippen molar-refractivity contribution in [3.05, 3.63) is 96.6 Å². The van der Waals surface area contributed by atoms with Crippen molar-refractivity contribution in [2.24, 2.45) is 0 Å². The molecule has 5 aromatic rings. The molecule has 1 amide bonds. The molecule has 32 heavy (non-hydrogen) atoms. The van der Waals surface area contributed by atoms with E-state index in [-0.39, 0.29) is 5.91 Å². The fourth-order valence-corrected chi connectivity index (χ4v) is 3.40. The summed E-state index contributed by atoms with van der Waals surface area (Å²) in [6.07, 6.45) is 5.08. The van der Waals surface area contributed by atoms with Gasteiger partial charge in [0.05, 0.1) is 11.7 Å². The highest BCUT2D eigenvalue weighted by Crippen LogP contribution is 2.29. The lowest BCUT2D eigenvalue weighted by Crippen LogP contribution is -2.13. The fourth-order valence-electron chi connectivity index (χ4n) is 3.40. The molecular weight excluding hydrogens is 402 g/mol. The van der Waals surface area contributed by atoms with Crippen molar-refractivity contribution in [3.8, 4) is 22.6 Å². The molecular formula is C25H19N5O2. The van der Waals surface area contributed by atoms with Gasteiger partial charge in [0.25, 0.3) is 5.91 Å². The highest BCUT2D eigenvalue weighted by Gasteiger charge is 2.16. The van der Waals surface area contributed by atoms with Gasteiger partial charge in [0.15, 0.2) is 5.69 Å². The number of carbonyl (C=O) groups is 1. The predicted octanol–water partition coefficient (Wildman–Crippen LogP) is 5.37. The maximum absolute atomic E-state index is 12.8. The number of benzene rings is 2. The molecule has 3 aromatic heterocycles. The molecule has 0 saturated heterocycles. The van der Waals surface area contributed by atoms with Crippen LogP contribution in [0.4, 0.5) is 5.82 Å². The molecule has 0 saturated carbocycles. The molecule has 0 spiro atoms. The normalized spacial score (nSPS) is 10.8. The SMILES string of the molecule is Cc1ccnc(NC(=O)c2n[nH]c3ccc(-c4cncc(Oc5ccccc5)c4)cc23)c1. The summed E-state index contributed by atoms with van der Waals surface area (Å²) in [4.78, 5) is 21.3. The summed E-state index contributed by atoms with van der Waals surface area (Å²) in [7, 11) is 0. The van der Waals surface area contributed by atoms with Crippen LogP contribution < -0.4 is 10.1 Å². The zero-order valence-corrected chi connectivity index (χ0v) is 17.2. The molecule has 3 heterocycles. The molecule has 0 unspecified atom stereocenters. The summed E-state index contributed by atoms with van der Waals surface area (Å²) >= 11 is 0. The third-order valence-electron chi connectivity index (χ3n) is 4.96. The van der Waals surface area contributed by atoms with Crippen LogP contribution in [0.15, 0.2) is 85.3 Å². The summed E-state index contributed by atoms with van der Waals surface area (Å²) in [6.45, 7) is 1.94. The Morgan fingerprint density at radius 1 is 0.938 bits per heavy atom. The van der Waals surface area contributed by atoms with Crippen LogP contribution in [-0.4, -0.2) is 26.1 Å². The van der Waals surface area contributed by atoms with Gasteiger partial charge < -0.3 is 10.1 Å². The van der Waals surface area contributed by atoms with E-state index in [9.17, 15) is 4.79 Å². The molecule has 0 aliphatic carbocycles. The number of ether oxygens (including phenoxy) is 1. The number of aryl methyl sites for hydroxylation is 1. The van der Waals surface area contributed by atoms with Crippen molar-refractivity contribution in [2.45, 2.75) is 6.92 Å². The summed E-state index contributed by atoms with van der Waals surface area (Å²) in [5, 5.41) is 10.7. The van der Waals surface area contributed by atoms with Crippen LogP contribution in [0.5, 0.6) is 11.5 Å². The number of hydrogen-bond donors (Lipinski definition) is 2. The Morgan fingerprint density at radius 3 is 2.66 bits per heavy atom. The third kappa shape index (κ3) is 4.04. The molecule has 0 bridgehead atoms. The summed E-state index contributed by atoms with van der Waals surface area (Å²) in [6, 6.07) is 20.9. The van der Waals surface area contributed by atoms with Gasteiger partial charge in [0.1, 0.15) is 17.3 Å². The smallest absolute Gasteiger partial charge is 0.277 e. The van der Waals surface area contributed by atoms with E-state index in [0.29, 0.717) is 22.6 Å². The van der Waals surface area contributed by atoms with Gasteiger partial charge in [-0.05, 0) is 60.5 Å². The monoisotopic (exact) mass is 421 g/mol. The van der Waals surface area contributed by atoms with Gasteiger partial charge in [-0.15, -0.1) is 0 Å². The predicted molar refractivity (Wildman–Crippen MR) is 123 cm³/mol. The Kier molecular flexibility index (Phi) is 5.05. The second-order valence-corrected chi connectivity index (χ2v) is 7.33. The van der Waals surface area contributed by atoms with Gasteiger partial charge in [-0.2, -0.15) is 5.10 Å². The van der Waals surface area contributed by atoms with Crippen molar-refractivity contribution in [1.82, 2.24) is 20.2 Å². The Balaban J connectivity index is 1.45. The van der Waals surface area contributed by atoms with Gasteiger partial charge in [0.2, 0.25) is 0 Å². The van der Waals surface area contributed by atoms with E-state index < -0.39 is 0 Å². The molecule has 0 aliphatic rings. The molecule has 0 atom stereocenters. The Morgan fingerprint density at radius 2 is 1.81 bits per heavy atom. The minimum Gasteiger partial charge on any atom is -0.456 e. The topological polar surface area (TPSA) is 92.8 Å². The lowest BCUT2D eigenvalue weighted by Gasteiger charge is -2.08. The van der Waals surface area contributed by atoms with E-state index in [4.69, 9.17) is 4.74 Å². The Labute approximate surface area is 184 Å². The number of para-hydroxylation sites is 1. The minimum absolute atomic E-state index is 0.301. The van der Waals surface area contributed by atoms with Crippen LogP contribution in [0.1, 0.15) is 16.1 Å². The number of carbonyl (C=O) groups excluding carboxylic acids is 1. The van der Waals surface area contributed by atoms with Crippen molar-refractivity contribution >= 4 is 22.6 Å². The number of aromatic amines is 1. The van der Waals surface area contributed by atoms with E-state index in [2.05, 4.69) is 25.5 Å². The van der Waals surface area contributed by atoms with Gasteiger partial charge in [-0.25, -0.2) is 4.98 Å². The van der Waals surface area contributed by atoms with Crippen LogP contribution in [-0.2, 0) is 0 Å². The molecule has 0 radical (unpaired) electrons. The fraction of sp³-hybridized carbons (Fsp3) is 0.0400. The van der Waals surface area contributed by atoms with Crippen LogP contribution >= 0.6 is 0 Å². The van der Waals surface area contributed by atoms with Crippen LogP contribution in [0.25, 0.3) is 22.0 Å². The second kappa shape index (κ2) is 8.31. The average molecular weight is 421 g/mol. The average Bonchev–Trinajstić information content (AvgIpc) is 3.23. The standard InChI is InChI=1S/C25H19N5O2/c1-16-9-10-27-23(11-16)28-25(31)24-21-13-17(7-8-22(21)29-30-24)18-12-20(15-26-14-18)32-19-5-3-2-4-6-19/h2-15H,1H3,(H,29,30)(H,27,28,31). The first kappa shape index (κ1) is 19.4. The first-order valence-electron chi connectivity index (χ1n) is 10.1. The highest BCUT2D eigenvalue weighted by atomic mass is 16.5. The van der Waals surface area contributed by atoms with Crippen molar-refractivity contribution in [1.29, 1.82) is 0 Å². The van der Waals surface area contributed by atoms with Gasteiger partial charge >= 0.3 is 0 Å². The number of nitrogens with one attached hydrogen (secondary N) is 2. The number of hydrogen-bond acceptors (Lipinski definition) is 5. The Hall–Kier alpha value is -4.52. The quantitative estimate of drug-likeness (QED) is 0.398. The molecule has 2 aromatic carbocycles. The van der Waals surface area contributed by atoms with E-state index in [1.54, 1.807) is 18.6 Å². The molecule has 0 aliphatic heterocycles. The van der Waals surface area contributed by atoms with Gasteiger partial charge in [-0.1, -0.05) is 24.3 Å². The maximum Gasteiger partial charge on any atom is 0.277 e. The van der Waals surface area contributed by atoms with Crippen molar-refractivity contribution < 1.29 is 9.53 Å². The minimum atomic E-state index is -0.328. The summed E-state index contributed by atoms with van der Waals surface area (Å²) < 4.78 is 5.90. The number of H-pyrrole nitrogens is 1. The lowest BCUT2D eigenvalue weighted by atomic mass is 10.0.